The molecule has 0 fully saturated rings. The number of benzene rings is 1. The fraction of sp³-hybridized carbons (Fsp3) is 0.381. The van der Waals surface area contributed by atoms with Gasteiger partial charge in [-0.2, -0.15) is 0 Å². The molecule has 1 aromatic carbocycles. The van der Waals surface area contributed by atoms with Gasteiger partial charge in [-0.25, -0.2) is 4.79 Å². The van der Waals surface area contributed by atoms with Gasteiger partial charge in [0.2, 0.25) is 11.8 Å². The number of hydrogen-bond acceptors (Lipinski definition) is 4. The number of aromatic nitrogens is 1. The molecular formula is C21H27N3O4. The van der Waals surface area contributed by atoms with E-state index < -0.39 is 5.97 Å². The molecule has 0 aliphatic carbocycles. The first-order valence-electron chi connectivity index (χ1n) is 9.17. The number of esters is 1. The molecule has 0 radical (unpaired) electrons. The van der Waals surface area contributed by atoms with Gasteiger partial charge < -0.3 is 19.5 Å². The predicted octanol–water partition coefficient (Wildman–Crippen LogP) is 2.69. The molecule has 0 atom stereocenters. The third-order valence-corrected chi connectivity index (χ3v) is 4.50. The molecule has 150 valence electrons. The van der Waals surface area contributed by atoms with Crippen LogP contribution in [-0.2, 0) is 20.9 Å². The standard InChI is InChI=1S/C21H27N3O4/c1-6-28-21(27)18-11-15(3)24(16(18)4)13-20(26)23(5)12-19(25)22-17-9-7-14(2)8-10-17/h7-11H,6,12-13H2,1-5H3,(H,22,25). The second-order valence-electron chi connectivity index (χ2n) is 6.76. The lowest BCUT2D eigenvalue weighted by atomic mass is 10.2. The van der Waals surface area contributed by atoms with E-state index in [0.29, 0.717) is 23.6 Å². The zero-order chi connectivity index (χ0) is 20.8. The van der Waals surface area contributed by atoms with Crippen LogP contribution in [0.3, 0.4) is 0 Å². The van der Waals surface area contributed by atoms with Crippen molar-refractivity contribution in [2.75, 3.05) is 25.5 Å². The summed E-state index contributed by atoms with van der Waals surface area (Å²) in [6, 6.07) is 9.16. The first-order valence-corrected chi connectivity index (χ1v) is 9.17. The Morgan fingerprint density at radius 3 is 2.36 bits per heavy atom. The Morgan fingerprint density at radius 2 is 1.75 bits per heavy atom. The van der Waals surface area contributed by atoms with Crippen molar-refractivity contribution in [1.82, 2.24) is 9.47 Å². The van der Waals surface area contributed by atoms with E-state index >= 15 is 0 Å². The molecule has 0 spiro atoms. The van der Waals surface area contributed by atoms with Gasteiger partial charge in [0.15, 0.2) is 0 Å². The SMILES string of the molecule is CCOC(=O)c1cc(C)n(CC(=O)N(C)CC(=O)Nc2ccc(C)cc2)c1C. The van der Waals surface area contributed by atoms with Crippen molar-refractivity contribution in [3.63, 3.8) is 0 Å². The smallest absolute Gasteiger partial charge is 0.339 e. The van der Waals surface area contributed by atoms with E-state index in [1.165, 1.54) is 4.90 Å². The highest BCUT2D eigenvalue weighted by atomic mass is 16.5. The van der Waals surface area contributed by atoms with Crippen LogP contribution in [0.5, 0.6) is 0 Å². The first kappa shape index (κ1) is 21.2. The van der Waals surface area contributed by atoms with E-state index in [2.05, 4.69) is 5.32 Å². The third-order valence-electron chi connectivity index (χ3n) is 4.50. The molecule has 0 bridgehead atoms. The van der Waals surface area contributed by atoms with E-state index in [9.17, 15) is 14.4 Å². The van der Waals surface area contributed by atoms with Gasteiger partial charge in [-0.15, -0.1) is 0 Å². The normalized spacial score (nSPS) is 10.5. The van der Waals surface area contributed by atoms with Crippen LogP contribution < -0.4 is 5.32 Å². The zero-order valence-electron chi connectivity index (χ0n) is 17.0. The van der Waals surface area contributed by atoms with Crippen LogP contribution in [0.15, 0.2) is 30.3 Å². The number of rotatable bonds is 7. The van der Waals surface area contributed by atoms with Crippen LogP contribution in [-0.4, -0.2) is 47.4 Å². The van der Waals surface area contributed by atoms with E-state index in [-0.39, 0.29) is 24.9 Å². The number of amides is 2. The molecule has 1 N–H and O–H groups in total. The van der Waals surface area contributed by atoms with Gasteiger partial charge in [-0.3, -0.25) is 9.59 Å². The Bertz CT molecular complexity index is 869. The lowest BCUT2D eigenvalue weighted by Crippen LogP contribution is -2.37. The Balaban J connectivity index is 1.99. The maximum atomic E-state index is 12.6. The molecular weight excluding hydrogens is 358 g/mol. The number of carbonyl (C=O) groups excluding carboxylic acids is 3. The predicted molar refractivity (Wildman–Crippen MR) is 107 cm³/mol. The quantitative estimate of drug-likeness (QED) is 0.743. The number of likely N-dealkylation sites (N-methyl/N-ethyl adjacent to an activating group) is 1. The average Bonchev–Trinajstić information content (AvgIpc) is 2.92. The summed E-state index contributed by atoms with van der Waals surface area (Å²) < 4.78 is 6.80. The minimum Gasteiger partial charge on any atom is -0.462 e. The lowest BCUT2D eigenvalue weighted by molar-refractivity contribution is -0.133. The number of anilines is 1. The van der Waals surface area contributed by atoms with Crippen LogP contribution in [0.25, 0.3) is 0 Å². The topological polar surface area (TPSA) is 80.6 Å². The third kappa shape index (κ3) is 5.22. The van der Waals surface area contributed by atoms with Gasteiger partial charge in [0.05, 0.1) is 18.7 Å². The summed E-state index contributed by atoms with van der Waals surface area (Å²) in [7, 11) is 1.58. The molecule has 0 saturated carbocycles. The fourth-order valence-electron chi connectivity index (χ4n) is 2.86. The van der Waals surface area contributed by atoms with Gasteiger partial charge >= 0.3 is 5.97 Å². The molecule has 0 aliphatic rings. The fourth-order valence-corrected chi connectivity index (χ4v) is 2.86. The van der Waals surface area contributed by atoms with Crippen LogP contribution in [0, 0.1) is 20.8 Å². The summed E-state index contributed by atoms with van der Waals surface area (Å²) in [6.45, 7) is 7.60. The second-order valence-corrected chi connectivity index (χ2v) is 6.76. The number of aryl methyl sites for hydroxylation is 2. The largest absolute Gasteiger partial charge is 0.462 e. The molecule has 2 amide bonds. The first-order chi connectivity index (χ1) is 13.2. The van der Waals surface area contributed by atoms with Crippen molar-refractivity contribution in [3.05, 3.63) is 52.8 Å². The molecule has 0 aliphatic heterocycles. The molecule has 0 unspecified atom stereocenters. The number of nitrogens with zero attached hydrogens (tertiary/aromatic N) is 2. The van der Waals surface area contributed by atoms with E-state index in [1.54, 1.807) is 31.5 Å². The summed E-state index contributed by atoms with van der Waals surface area (Å²) in [5.74, 6) is -0.899. The van der Waals surface area contributed by atoms with Crippen molar-refractivity contribution in [2.45, 2.75) is 34.2 Å². The molecule has 7 nitrogen and oxygen atoms in total. The maximum Gasteiger partial charge on any atom is 0.339 e. The highest BCUT2D eigenvalue weighted by Crippen LogP contribution is 2.16. The monoisotopic (exact) mass is 385 g/mol. The van der Waals surface area contributed by atoms with E-state index in [4.69, 9.17) is 4.74 Å². The molecule has 28 heavy (non-hydrogen) atoms. The highest BCUT2D eigenvalue weighted by molar-refractivity contribution is 5.94. The molecule has 2 rings (SSSR count). The summed E-state index contributed by atoms with van der Waals surface area (Å²) in [6.07, 6.45) is 0. The molecule has 1 aromatic heterocycles. The Morgan fingerprint density at radius 1 is 1.11 bits per heavy atom. The average molecular weight is 385 g/mol. The molecule has 1 heterocycles. The summed E-state index contributed by atoms with van der Waals surface area (Å²) in [5.41, 5.74) is 3.69. The van der Waals surface area contributed by atoms with Crippen LogP contribution in [0.2, 0.25) is 0 Å². The van der Waals surface area contributed by atoms with Gasteiger partial charge in [-0.1, -0.05) is 17.7 Å². The molecule has 2 aromatic rings. The Labute approximate surface area is 165 Å². The molecule has 7 heteroatoms. The summed E-state index contributed by atoms with van der Waals surface area (Å²) >= 11 is 0. The van der Waals surface area contributed by atoms with Gasteiger partial charge in [0.1, 0.15) is 6.54 Å². The Hall–Kier alpha value is -3.09. The highest BCUT2D eigenvalue weighted by Gasteiger charge is 2.20. The lowest BCUT2D eigenvalue weighted by Gasteiger charge is -2.18. The minimum absolute atomic E-state index is 0.0470. The number of ether oxygens (including phenoxy) is 1. The summed E-state index contributed by atoms with van der Waals surface area (Å²) in [4.78, 5) is 38.1. The van der Waals surface area contributed by atoms with Crippen LogP contribution in [0.4, 0.5) is 5.69 Å². The van der Waals surface area contributed by atoms with Gasteiger partial charge in [-0.05, 0) is 45.9 Å². The number of hydrogen-bond donors (Lipinski definition) is 1. The van der Waals surface area contributed by atoms with Gasteiger partial charge in [0, 0.05) is 24.1 Å². The van der Waals surface area contributed by atoms with Crippen LogP contribution >= 0.6 is 0 Å². The van der Waals surface area contributed by atoms with Crippen molar-refractivity contribution in [3.8, 4) is 0 Å². The van der Waals surface area contributed by atoms with E-state index in [0.717, 1.165) is 11.3 Å². The van der Waals surface area contributed by atoms with Crippen molar-refractivity contribution in [1.29, 1.82) is 0 Å². The Kier molecular flexibility index (Phi) is 6.98. The van der Waals surface area contributed by atoms with Crippen molar-refractivity contribution < 1.29 is 19.1 Å². The van der Waals surface area contributed by atoms with Crippen molar-refractivity contribution >= 4 is 23.5 Å². The van der Waals surface area contributed by atoms with Gasteiger partial charge in [0.25, 0.3) is 0 Å². The van der Waals surface area contributed by atoms with Crippen molar-refractivity contribution in [2.24, 2.45) is 0 Å². The zero-order valence-corrected chi connectivity index (χ0v) is 17.0. The second kappa shape index (κ2) is 9.21. The van der Waals surface area contributed by atoms with E-state index in [1.807, 2.05) is 38.1 Å². The number of carbonyl (C=O) groups is 3. The maximum absolute atomic E-state index is 12.6. The minimum atomic E-state index is -0.403. The van der Waals surface area contributed by atoms with Crippen LogP contribution in [0.1, 0.15) is 34.2 Å². The molecule has 0 saturated heterocycles. The summed E-state index contributed by atoms with van der Waals surface area (Å²) in [5, 5.41) is 2.77. The number of nitrogens with one attached hydrogen (secondary N) is 1.